The predicted molar refractivity (Wildman–Crippen MR) is 168 cm³/mol. The number of nitrogens with one attached hydrogen (secondary N) is 4. The van der Waals surface area contributed by atoms with Crippen molar-refractivity contribution in [3.63, 3.8) is 0 Å². The van der Waals surface area contributed by atoms with Crippen molar-refractivity contribution in [1.82, 2.24) is 10.3 Å². The maximum atomic E-state index is 13.9. The largest absolute Gasteiger partial charge is 0.378 e. The lowest BCUT2D eigenvalue weighted by Gasteiger charge is -2.31. The highest BCUT2D eigenvalue weighted by molar-refractivity contribution is 7.15. The Kier molecular flexibility index (Phi) is 11.4. The van der Waals surface area contributed by atoms with Crippen molar-refractivity contribution in [3.8, 4) is 0 Å². The number of aromatic nitrogens is 1. The summed E-state index contributed by atoms with van der Waals surface area (Å²) in [5.41, 5.74) is 2.34. The minimum absolute atomic E-state index is 0.0948. The number of hydrogen-bond donors (Lipinski definition) is 4. The van der Waals surface area contributed by atoms with E-state index in [9.17, 15) is 9.59 Å². The van der Waals surface area contributed by atoms with Gasteiger partial charge in [0.2, 0.25) is 0 Å². The van der Waals surface area contributed by atoms with Gasteiger partial charge >= 0.3 is 0 Å². The smallest absolute Gasteiger partial charge is 0.259 e. The van der Waals surface area contributed by atoms with Crippen LogP contribution in [0.3, 0.4) is 0 Å². The van der Waals surface area contributed by atoms with E-state index in [0.29, 0.717) is 71.6 Å². The van der Waals surface area contributed by atoms with Crippen LogP contribution in [0, 0.1) is 5.41 Å². The number of rotatable bonds is 12. The Hall–Kier alpha value is -2.73. The van der Waals surface area contributed by atoms with Crippen LogP contribution in [0.1, 0.15) is 52.5 Å². The molecule has 9 nitrogen and oxygen atoms in total. The summed E-state index contributed by atoms with van der Waals surface area (Å²) in [6.45, 7) is 5.26. The molecule has 0 radical (unpaired) electrons. The van der Waals surface area contributed by atoms with Gasteiger partial charge in [-0.3, -0.25) is 9.59 Å². The SMILES string of the molecule is CCCC(=N)CCNCc1csc(NC(=O)c2c(C(=O)Nc3ccc(Cl)cn3)cc(Cl)cc2N2CCOCC2)c1Cl. The Morgan fingerprint density at radius 3 is 2.56 bits per heavy atom. The summed E-state index contributed by atoms with van der Waals surface area (Å²) < 4.78 is 5.49. The number of pyridine rings is 1. The van der Waals surface area contributed by atoms with Crippen LogP contribution in [0.2, 0.25) is 15.1 Å². The zero-order chi connectivity index (χ0) is 29.4. The molecule has 0 saturated carbocycles. The fourth-order valence-corrected chi connectivity index (χ4v) is 5.87. The van der Waals surface area contributed by atoms with Crippen molar-refractivity contribution in [2.45, 2.75) is 32.7 Å². The standard InChI is InChI=1S/C28H31Cl3N6O3S/c1-2-3-20(32)6-7-33-14-17-16-41-28(25(17)31)36-27(39)24-21(26(38)35-23-5-4-18(29)15-34-23)12-19(30)13-22(24)37-8-10-40-11-9-37/h4-5,12-13,15-16,32-33H,2-3,6-11,14H2,1H3,(H,36,39)(H,34,35,38). The molecule has 2 amide bonds. The maximum absolute atomic E-state index is 13.9. The topological polar surface area (TPSA) is 119 Å². The first kappa shape index (κ1) is 31.2. The van der Waals surface area contributed by atoms with Gasteiger partial charge in [0.05, 0.1) is 40.1 Å². The first-order valence-electron chi connectivity index (χ1n) is 13.2. The average Bonchev–Trinajstić information content (AvgIpc) is 3.30. The molecule has 218 valence electrons. The molecule has 0 bridgehead atoms. The van der Waals surface area contributed by atoms with Crippen molar-refractivity contribution < 1.29 is 14.3 Å². The summed E-state index contributed by atoms with van der Waals surface area (Å²) in [5, 5.41) is 20.4. The van der Waals surface area contributed by atoms with Gasteiger partial charge in [0.15, 0.2) is 0 Å². The molecule has 4 N–H and O–H groups in total. The van der Waals surface area contributed by atoms with Gasteiger partial charge in [-0.15, -0.1) is 11.3 Å². The van der Waals surface area contributed by atoms with E-state index >= 15 is 0 Å². The van der Waals surface area contributed by atoms with Crippen LogP contribution in [0.15, 0.2) is 35.8 Å². The second-order valence-corrected chi connectivity index (χ2v) is 11.5. The third kappa shape index (κ3) is 8.41. The molecule has 13 heteroatoms. The number of carbonyl (C=O) groups is 2. The fourth-order valence-electron chi connectivity index (χ4n) is 4.33. The fraction of sp³-hybridized carbons (Fsp3) is 0.357. The van der Waals surface area contributed by atoms with E-state index in [1.165, 1.54) is 23.6 Å². The van der Waals surface area contributed by atoms with Gasteiger partial charge in [0, 0.05) is 43.1 Å². The Labute approximate surface area is 258 Å². The molecular formula is C28H31Cl3N6O3S. The summed E-state index contributed by atoms with van der Waals surface area (Å²) in [4.78, 5) is 33.4. The molecule has 0 aliphatic carbocycles. The number of thiophene rings is 1. The van der Waals surface area contributed by atoms with E-state index < -0.39 is 11.8 Å². The molecule has 1 aliphatic heterocycles. The number of hydrogen-bond acceptors (Lipinski definition) is 8. The number of nitrogens with zero attached hydrogens (tertiary/aromatic N) is 2. The van der Waals surface area contributed by atoms with E-state index in [2.05, 4.69) is 27.9 Å². The summed E-state index contributed by atoms with van der Waals surface area (Å²) in [5.74, 6) is -0.756. The molecule has 0 spiro atoms. The van der Waals surface area contributed by atoms with Crippen LogP contribution >= 0.6 is 46.1 Å². The Morgan fingerprint density at radius 1 is 1.07 bits per heavy atom. The maximum Gasteiger partial charge on any atom is 0.259 e. The molecule has 0 atom stereocenters. The highest BCUT2D eigenvalue weighted by Crippen LogP contribution is 2.36. The van der Waals surface area contributed by atoms with Crippen molar-refractivity contribution in [1.29, 1.82) is 5.41 Å². The molecule has 4 rings (SSSR count). The molecule has 0 unspecified atom stereocenters. The normalized spacial score (nSPS) is 13.2. The van der Waals surface area contributed by atoms with Gasteiger partial charge in [0.1, 0.15) is 10.8 Å². The third-order valence-electron chi connectivity index (χ3n) is 6.37. The first-order valence-corrected chi connectivity index (χ1v) is 15.2. The van der Waals surface area contributed by atoms with Gasteiger partial charge in [-0.1, -0.05) is 48.1 Å². The van der Waals surface area contributed by atoms with Crippen LogP contribution in [-0.4, -0.2) is 55.4 Å². The minimum atomic E-state index is -0.544. The monoisotopic (exact) mass is 636 g/mol. The van der Waals surface area contributed by atoms with Crippen molar-refractivity contribution in [2.75, 3.05) is 48.4 Å². The molecule has 1 aliphatic rings. The van der Waals surface area contributed by atoms with E-state index in [4.69, 9.17) is 44.9 Å². The summed E-state index contributed by atoms with van der Waals surface area (Å²) in [6.07, 6.45) is 3.85. The van der Waals surface area contributed by atoms with Crippen molar-refractivity contribution in [2.24, 2.45) is 0 Å². The number of carbonyl (C=O) groups excluding carboxylic acids is 2. The van der Waals surface area contributed by atoms with Gasteiger partial charge in [-0.2, -0.15) is 0 Å². The number of ether oxygens (including phenoxy) is 1. The van der Waals surface area contributed by atoms with Gasteiger partial charge in [-0.25, -0.2) is 4.98 Å². The van der Waals surface area contributed by atoms with Gasteiger partial charge < -0.3 is 31.0 Å². The summed E-state index contributed by atoms with van der Waals surface area (Å²) in [7, 11) is 0. The quantitative estimate of drug-likeness (QED) is 0.129. The highest BCUT2D eigenvalue weighted by Gasteiger charge is 2.27. The summed E-state index contributed by atoms with van der Waals surface area (Å²) >= 11 is 20.3. The van der Waals surface area contributed by atoms with Crippen molar-refractivity contribution in [3.05, 3.63) is 67.6 Å². The lowest BCUT2D eigenvalue weighted by atomic mass is 10.0. The van der Waals surface area contributed by atoms with Crippen LogP contribution in [0.4, 0.5) is 16.5 Å². The number of amides is 2. The zero-order valence-electron chi connectivity index (χ0n) is 22.5. The average molecular weight is 638 g/mol. The van der Waals surface area contributed by atoms with E-state index in [1.807, 2.05) is 10.3 Å². The van der Waals surface area contributed by atoms with Crippen LogP contribution in [0.5, 0.6) is 0 Å². The van der Waals surface area contributed by atoms with E-state index in [-0.39, 0.29) is 16.9 Å². The minimum Gasteiger partial charge on any atom is -0.378 e. The van der Waals surface area contributed by atoms with Gasteiger partial charge in [-0.05, 0) is 48.1 Å². The number of benzene rings is 1. The second kappa shape index (κ2) is 14.9. The lowest BCUT2D eigenvalue weighted by molar-refractivity contribution is 0.0989. The molecule has 41 heavy (non-hydrogen) atoms. The molecular weight excluding hydrogens is 607 g/mol. The zero-order valence-corrected chi connectivity index (χ0v) is 25.6. The second-order valence-electron chi connectivity index (χ2n) is 9.40. The van der Waals surface area contributed by atoms with Crippen molar-refractivity contribution >= 4 is 80.2 Å². The number of halogens is 3. The van der Waals surface area contributed by atoms with Crippen LogP contribution in [0.25, 0.3) is 0 Å². The highest BCUT2D eigenvalue weighted by atomic mass is 35.5. The van der Waals surface area contributed by atoms with Gasteiger partial charge in [0.25, 0.3) is 11.8 Å². The van der Waals surface area contributed by atoms with E-state index in [0.717, 1.165) is 24.1 Å². The molecule has 3 heterocycles. The third-order valence-corrected chi connectivity index (χ3v) is 8.30. The molecule has 1 fully saturated rings. The van der Waals surface area contributed by atoms with E-state index in [1.54, 1.807) is 18.2 Å². The molecule has 3 aromatic rings. The van der Waals surface area contributed by atoms with Crippen LogP contribution < -0.4 is 20.9 Å². The van der Waals surface area contributed by atoms with Crippen LogP contribution in [-0.2, 0) is 11.3 Å². The predicted octanol–water partition coefficient (Wildman–Crippen LogP) is 6.74. The number of morpholine rings is 1. The first-order chi connectivity index (χ1) is 19.8. The Bertz CT molecular complexity index is 1390. The lowest BCUT2D eigenvalue weighted by Crippen LogP contribution is -2.38. The molecule has 1 aromatic carbocycles. The summed E-state index contributed by atoms with van der Waals surface area (Å²) in [6, 6.07) is 6.32. The Balaban J connectivity index is 1.58. The molecule has 1 saturated heterocycles. The number of anilines is 3. The molecule has 2 aromatic heterocycles. The Morgan fingerprint density at radius 2 is 1.85 bits per heavy atom.